The van der Waals surface area contributed by atoms with E-state index in [0.717, 1.165) is 11.3 Å². The minimum Gasteiger partial charge on any atom is -0.268 e. The van der Waals surface area contributed by atoms with Crippen molar-refractivity contribution < 1.29 is 0 Å². The maximum Gasteiger partial charge on any atom is 0.266 e. The molecular formula is C22H18N2OS. The Hall–Kier alpha value is -2.98. The Kier molecular flexibility index (Phi) is 4.27. The summed E-state index contributed by atoms with van der Waals surface area (Å²) in [6.07, 6.45) is 3.95. The van der Waals surface area contributed by atoms with E-state index in [1.165, 1.54) is 10.4 Å². The van der Waals surface area contributed by atoms with Crippen molar-refractivity contribution in [1.29, 1.82) is 0 Å². The number of rotatable bonds is 3. The van der Waals surface area contributed by atoms with Crippen molar-refractivity contribution in [2.24, 2.45) is 0 Å². The highest BCUT2D eigenvalue weighted by atomic mass is 32.1. The van der Waals surface area contributed by atoms with Gasteiger partial charge in [-0.25, -0.2) is 4.98 Å². The first-order valence-electron chi connectivity index (χ1n) is 8.44. The fraction of sp³-hybridized carbons (Fsp3) is 0.0909. The van der Waals surface area contributed by atoms with Crippen LogP contribution in [0.25, 0.3) is 28.7 Å². The molecule has 4 aromatic rings. The van der Waals surface area contributed by atoms with E-state index in [-0.39, 0.29) is 5.56 Å². The number of fused-ring (bicyclic) bond motifs is 1. The summed E-state index contributed by atoms with van der Waals surface area (Å²) in [6, 6.07) is 17.5. The van der Waals surface area contributed by atoms with Crippen molar-refractivity contribution in [3.8, 4) is 5.69 Å². The number of hydrogen-bond acceptors (Lipinski definition) is 3. The number of nitrogens with zero attached hydrogens (tertiary/aromatic N) is 2. The average molecular weight is 358 g/mol. The molecule has 0 aliphatic heterocycles. The summed E-state index contributed by atoms with van der Waals surface area (Å²) in [6.45, 7) is 4.11. The normalized spacial score (nSPS) is 11.5. The van der Waals surface area contributed by atoms with E-state index in [2.05, 4.69) is 18.4 Å². The van der Waals surface area contributed by atoms with Crippen molar-refractivity contribution >= 4 is 34.4 Å². The Labute approximate surface area is 155 Å². The summed E-state index contributed by atoms with van der Waals surface area (Å²) in [7, 11) is 0. The van der Waals surface area contributed by atoms with Gasteiger partial charge in [-0.05, 0) is 67.3 Å². The van der Waals surface area contributed by atoms with Crippen LogP contribution in [0.1, 0.15) is 21.8 Å². The molecule has 0 atom stereocenters. The number of aryl methyl sites for hydroxylation is 2. The molecule has 26 heavy (non-hydrogen) atoms. The fourth-order valence-electron chi connectivity index (χ4n) is 2.91. The molecule has 0 aliphatic carbocycles. The number of benzene rings is 2. The lowest BCUT2D eigenvalue weighted by Gasteiger charge is -2.11. The fourth-order valence-corrected chi connectivity index (χ4v) is 3.73. The second kappa shape index (κ2) is 6.73. The lowest BCUT2D eigenvalue weighted by molar-refractivity contribution is 0.943. The molecule has 128 valence electrons. The molecule has 0 N–H and O–H groups in total. The van der Waals surface area contributed by atoms with Crippen molar-refractivity contribution in [2.45, 2.75) is 13.8 Å². The molecule has 2 aromatic carbocycles. The third-order valence-electron chi connectivity index (χ3n) is 4.38. The zero-order valence-corrected chi connectivity index (χ0v) is 15.5. The van der Waals surface area contributed by atoms with Crippen molar-refractivity contribution in [2.75, 3.05) is 0 Å². The molecule has 0 saturated carbocycles. The number of thiophene rings is 1. The Morgan fingerprint density at radius 1 is 0.962 bits per heavy atom. The molecule has 0 aliphatic rings. The standard InChI is InChI=1S/C22H18N2OS/c1-15-7-9-17(10-8-15)24-21(12-11-20-16(2)13-14-26-20)23-19-6-4-3-5-18(19)22(24)25/h3-14H,1-2H3. The van der Waals surface area contributed by atoms with Gasteiger partial charge >= 0.3 is 0 Å². The monoisotopic (exact) mass is 358 g/mol. The van der Waals surface area contributed by atoms with Crippen LogP contribution in [0, 0.1) is 13.8 Å². The highest BCUT2D eigenvalue weighted by molar-refractivity contribution is 7.11. The summed E-state index contributed by atoms with van der Waals surface area (Å²) < 4.78 is 1.68. The Morgan fingerprint density at radius 2 is 1.73 bits per heavy atom. The lowest BCUT2D eigenvalue weighted by Crippen LogP contribution is -2.22. The Bertz CT molecular complexity index is 1170. The molecule has 0 fully saturated rings. The second-order valence-corrected chi connectivity index (χ2v) is 7.21. The van der Waals surface area contributed by atoms with E-state index in [9.17, 15) is 4.79 Å². The topological polar surface area (TPSA) is 34.9 Å². The number of para-hydroxylation sites is 1. The predicted molar refractivity (Wildman–Crippen MR) is 110 cm³/mol. The minimum atomic E-state index is -0.0537. The van der Waals surface area contributed by atoms with Crippen LogP contribution in [0.15, 0.2) is 64.8 Å². The molecule has 0 unspecified atom stereocenters. The molecule has 0 amide bonds. The molecule has 4 rings (SSSR count). The van der Waals surface area contributed by atoms with E-state index in [1.54, 1.807) is 15.9 Å². The third kappa shape index (κ3) is 3.00. The van der Waals surface area contributed by atoms with Crippen LogP contribution >= 0.6 is 11.3 Å². The van der Waals surface area contributed by atoms with Crippen LogP contribution < -0.4 is 5.56 Å². The van der Waals surface area contributed by atoms with E-state index >= 15 is 0 Å². The number of hydrogen-bond donors (Lipinski definition) is 0. The Morgan fingerprint density at radius 3 is 2.46 bits per heavy atom. The van der Waals surface area contributed by atoms with Crippen LogP contribution in [-0.4, -0.2) is 9.55 Å². The average Bonchev–Trinajstić information content (AvgIpc) is 3.06. The van der Waals surface area contributed by atoms with Crippen molar-refractivity contribution in [1.82, 2.24) is 9.55 Å². The van der Waals surface area contributed by atoms with E-state index in [1.807, 2.05) is 67.6 Å². The molecule has 2 heterocycles. The largest absolute Gasteiger partial charge is 0.268 e. The Balaban J connectivity index is 1.96. The summed E-state index contributed by atoms with van der Waals surface area (Å²) in [5.74, 6) is 0.630. The lowest BCUT2D eigenvalue weighted by atomic mass is 10.2. The molecule has 2 aromatic heterocycles. The second-order valence-electron chi connectivity index (χ2n) is 6.26. The van der Waals surface area contributed by atoms with Gasteiger partial charge in [0.05, 0.1) is 16.6 Å². The smallest absolute Gasteiger partial charge is 0.266 e. The summed E-state index contributed by atoms with van der Waals surface area (Å²) in [5.41, 5.74) is 3.85. The predicted octanol–water partition coefficient (Wildman–Crippen LogP) is 5.23. The zero-order valence-electron chi connectivity index (χ0n) is 14.6. The first-order valence-corrected chi connectivity index (χ1v) is 9.32. The minimum absolute atomic E-state index is 0.0537. The van der Waals surface area contributed by atoms with Crippen LogP contribution in [0.4, 0.5) is 0 Å². The van der Waals surface area contributed by atoms with Gasteiger partial charge in [0, 0.05) is 4.88 Å². The first kappa shape index (κ1) is 16.5. The van der Waals surface area contributed by atoms with E-state index < -0.39 is 0 Å². The van der Waals surface area contributed by atoms with Crippen LogP contribution in [-0.2, 0) is 0 Å². The summed E-state index contributed by atoms with van der Waals surface area (Å²) in [5, 5.41) is 2.69. The molecule has 0 radical (unpaired) electrons. The van der Waals surface area contributed by atoms with Gasteiger partial charge in [-0.15, -0.1) is 11.3 Å². The third-order valence-corrected chi connectivity index (χ3v) is 5.36. The highest BCUT2D eigenvalue weighted by Gasteiger charge is 2.11. The molecule has 0 spiro atoms. The van der Waals surface area contributed by atoms with Gasteiger partial charge < -0.3 is 0 Å². The van der Waals surface area contributed by atoms with E-state index in [0.29, 0.717) is 16.7 Å². The maximum absolute atomic E-state index is 13.2. The van der Waals surface area contributed by atoms with Gasteiger partial charge in [0.1, 0.15) is 5.82 Å². The van der Waals surface area contributed by atoms with Gasteiger partial charge in [-0.1, -0.05) is 29.8 Å². The van der Waals surface area contributed by atoms with Gasteiger partial charge in [-0.3, -0.25) is 9.36 Å². The molecule has 3 nitrogen and oxygen atoms in total. The molecular weight excluding hydrogens is 340 g/mol. The van der Waals surface area contributed by atoms with Crippen molar-refractivity contribution in [3.63, 3.8) is 0 Å². The van der Waals surface area contributed by atoms with Crippen molar-refractivity contribution in [3.05, 3.63) is 92.2 Å². The van der Waals surface area contributed by atoms with E-state index in [4.69, 9.17) is 4.98 Å². The molecule has 0 bridgehead atoms. The maximum atomic E-state index is 13.2. The van der Waals surface area contributed by atoms with Gasteiger partial charge in [-0.2, -0.15) is 0 Å². The van der Waals surface area contributed by atoms with Crippen LogP contribution in [0.2, 0.25) is 0 Å². The quantitative estimate of drug-likeness (QED) is 0.502. The highest BCUT2D eigenvalue weighted by Crippen LogP contribution is 2.20. The SMILES string of the molecule is Cc1ccc(-n2c(C=Cc3sccc3C)nc3ccccc3c2=O)cc1. The zero-order chi connectivity index (χ0) is 18.1. The van der Waals surface area contributed by atoms with Gasteiger partial charge in [0.25, 0.3) is 5.56 Å². The molecule has 4 heteroatoms. The van der Waals surface area contributed by atoms with Crippen LogP contribution in [0.3, 0.4) is 0 Å². The molecule has 0 saturated heterocycles. The summed E-state index contributed by atoms with van der Waals surface area (Å²) in [4.78, 5) is 19.1. The first-order chi connectivity index (χ1) is 12.6. The summed E-state index contributed by atoms with van der Waals surface area (Å²) >= 11 is 1.68. The van der Waals surface area contributed by atoms with Crippen LogP contribution in [0.5, 0.6) is 0 Å². The van der Waals surface area contributed by atoms with Gasteiger partial charge in [0.2, 0.25) is 0 Å². The number of aromatic nitrogens is 2. The van der Waals surface area contributed by atoms with Gasteiger partial charge in [0.15, 0.2) is 0 Å².